The highest BCUT2D eigenvalue weighted by Crippen LogP contribution is 2.13. The molecule has 2 amide bonds. The van der Waals surface area contributed by atoms with Gasteiger partial charge in [0.05, 0.1) is 11.8 Å². The second-order valence-electron chi connectivity index (χ2n) is 6.51. The minimum Gasteiger partial charge on any atom is -0.352 e. The van der Waals surface area contributed by atoms with Crippen LogP contribution in [0.2, 0.25) is 0 Å². The van der Waals surface area contributed by atoms with E-state index in [1.54, 1.807) is 0 Å². The number of amides is 2. The molecule has 27 heavy (non-hydrogen) atoms. The maximum absolute atomic E-state index is 13.5. The number of sulfonamides is 1. The molecule has 10 heteroatoms. The third-order valence-corrected chi connectivity index (χ3v) is 5.53. The molecule has 1 heterocycles. The zero-order valence-electron chi connectivity index (χ0n) is 15.0. The molecule has 0 aliphatic carbocycles. The molecular formula is C17H23F2N3O4S. The molecule has 7 nitrogen and oxygen atoms in total. The number of carbonyl (C=O) groups excluding carboxylic acids is 2. The van der Waals surface area contributed by atoms with Crippen LogP contribution in [0.25, 0.3) is 0 Å². The molecule has 0 radical (unpaired) electrons. The molecule has 1 fully saturated rings. The molecule has 1 aliphatic heterocycles. The van der Waals surface area contributed by atoms with Crippen LogP contribution in [0.4, 0.5) is 8.78 Å². The molecule has 0 saturated carbocycles. The Hall–Kier alpha value is -2.07. The number of carbonyl (C=O) groups is 2. The minimum absolute atomic E-state index is 0.140. The van der Waals surface area contributed by atoms with E-state index in [-0.39, 0.29) is 37.0 Å². The summed E-state index contributed by atoms with van der Waals surface area (Å²) in [6.07, 6.45) is 3.00. The second kappa shape index (κ2) is 9.23. The quantitative estimate of drug-likeness (QED) is 0.665. The van der Waals surface area contributed by atoms with Crippen LogP contribution in [0.1, 0.15) is 36.0 Å². The van der Waals surface area contributed by atoms with E-state index in [2.05, 4.69) is 10.6 Å². The van der Waals surface area contributed by atoms with Gasteiger partial charge in [-0.1, -0.05) is 0 Å². The number of nitrogens with one attached hydrogen (secondary N) is 2. The monoisotopic (exact) mass is 403 g/mol. The minimum atomic E-state index is -3.28. The van der Waals surface area contributed by atoms with Crippen LogP contribution in [0.5, 0.6) is 0 Å². The summed E-state index contributed by atoms with van der Waals surface area (Å²) >= 11 is 0. The molecule has 1 aromatic carbocycles. The number of hydrogen-bond acceptors (Lipinski definition) is 4. The van der Waals surface area contributed by atoms with E-state index >= 15 is 0 Å². The van der Waals surface area contributed by atoms with Crippen molar-refractivity contribution in [2.45, 2.75) is 31.7 Å². The van der Waals surface area contributed by atoms with E-state index in [4.69, 9.17) is 0 Å². The molecule has 1 unspecified atom stereocenters. The van der Waals surface area contributed by atoms with Crippen LogP contribution in [-0.2, 0) is 14.8 Å². The van der Waals surface area contributed by atoms with Crippen LogP contribution in [0.15, 0.2) is 18.2 Å². The standard InChI is InChI=1S/C17H23F2N3O4S/c1-27(25,26)22-9-3-4-13(11-22)21-16(23)5-2-8-20-17(24)14-7-6-12(18)10-15(14)19/h6-7,10,13H,2-5,8-9,11H2,1H3,(H,20,24)(H,21,23). The molecule has 2 N–H and O–H groups in total. The summed E-state index contributed by atoms with van der Waals surface area (Å²) in [5.74, 6) is -2.63. The van der Waals surface area contributed by atoms with Gasteiger partial charge in [0.25, 0.3) is 5.91 Å². The number of halogens is 2. The van der Waals surface area contributed by atoms with Crippen molar-refractivity contribution in [3.05, 3.63) is 35.4 Å². The van der Waals surface area contributed by atoms with E-state index in [0.717, 1.165) is 18.4 Å². The summed E-state index contributed by atoms with van der Waals surface area (Å²) < 4.78 is 50.8. The lowest BCUT2D eigenvalue weighted by Crippen LogP contribution is -2.49. The van der Waals surface area contributed by atoms with Crippen LogP contribution < -0.4 is 10.6 Å². The first-order valence-electron chi connectivity index (χ1n) is 8.64. The number of piperidine rings is 1. The van der Waals surface area contributed by atoms with Gasteiger partial charge in [-0.15, -0.1) is 0 Å². The van der Waals surface area contributed by atoms with Gasteiger partial charge >= 0.3 is 0 Å². The Labute approximate surface area is 157 Å². The third-order valence-electron chi connectivity index (χ3n) is 4.26. The van der Waals surface area contributed by atoms with Gasteiger partial charge in [0.1, 0.15) is 11.6 Å². The highest BCUT2D eigenvalue weighted by Gasteiger charge is 2.26. The zero-order valence-corrected chi connectivity index (χ0v) is 15.8. The van der Waals surface area contributed by atoms with Crippen molar-refractivity contribution in [1.82, 2.24) is 14.9 Å². The zero-order chi connectivity index (χ0) is 20.0. The van der Waals surface area contributed by atoms with Gasteiger partial charge in [0, 0.05) is 38.2 Å². The van der Waals surface area contributed by atoms with Gasteiger partial charge in [0.2, 0.25) is 15.9 Å². The summed E-state index contributed by atoms with van der Waals surface area (Å²) in [7, 11) is -3.28. The first-order valence-corrected chi connectivity index (χ1v) is 10.5. The number of benzene rings is 1. The predicted octanol–water partition coefficient (Wildman–Crippen LogP) is 1.01. The van der Waals surface area contributed by atoms with E-state index < -0.39 is 27.6 Å². The van der Waals surface area contributed by atoms with Crippen molar-refractivity contribution in [2.75, 3.05) is 25.9 Å². The second-order valence-corrected chi connectivity index (χ2v) is 8.49. The van der Waals surface area contributed by atoms with E-state index in [9.17, 15) is 26.8 Å². The maximum Gasteiger partial charge on any atom is 0.254 e. The summed E-state index contributed by atoms with van der Waals surface area (Å²) in [6.45, 7) is 0.867. The Morgan fingerprint density at radius 1 is 1.30 bits per heavy atom. The lowest BCUT2D eigenvalue weighted by Gasteiger charge is -2.31. The molecule has 150 valence electrons. The van der Waals surface area contributed by atoms with Crippen LogP contribution in [0, 0.1) is 11.6 Å². The fourth-order valence-corrected chi connectivity index (χ4v) is 3.79. The van der Waals surface area contributed by atoms with Gasteiger partial charge in [-0.25, -0.2) is 21.5 Å². The lowest BCUT2D eigenvalue weighted by molar-refractivity contribution is -0.122. The fourth-order valence-electron chi connectivity index (χ4n) is 2.88. The van der Waals surface area contributed by atoms with Crippen LogP contribution in [0.3, 0.4) is 0 Å². The van der Waals surface area contributed by atoms with Crippen LogP contribution in [-0.4, -0.2) is 56.5 Å². The summed E-state index contributed by atoms with van der Waals surface area (Å²) in [6, 6.07) is 2.45. The molecule has 0 aromatic heterocycles. The fraction of sp³-hybridized carbons (Fsp3) is 0.529. The van der Waals surface area contributed by atoms with E-state index in [1.165, 1.54) is 4.31 Å². The van der Waals surface area contributed by atoms with Crippen molar-refractivity contribution in [3.63, 3.8) is 0 Å². The highest BCUT2D eigenvalue weighted by molar-refractivity contribution is 7.88. The van der Waals surface area contributed by atoms with Crippen LogP contribution >= 0.6 is 0 Å². The SMILES string of the molecule is CS(=O)(=O)N1CCCC(NC(=O)CCCNC(=O)c2ccc(F)cc2F)C1. The molecule has 0 spiro atoms. The van der Waals surface area contributed by atoms with Crippen molar-refractivity contribution in [3.8, 4) is 0 Å². The number of rotatable bonds is 7. The maximum atomic E-state index is 13.5. The Morgan fingerprint density at radius 2 is 2.04 bits per heavy atom. The third kappa shape index (κ3) is 6.55. The normalized spacial score (nSPS) is 18.1. The molecule has 1 saturated heterocycles. The number of hydrogen-bond donors (Lipinski definition) is 2. The molecular weight excluding hydrogens is 380 g/mol. The first kappa shape index (κ1) is 21.2. The Bertz CT molecular complexity index is 801. The summed E-state index contributed by atoms with van der Waals surface area (Å²) in [5, 5.41) is 5.27. The summed E-state index contributed by atoms with van der Waals surface area (Å²) in [4.78, 5) is 23.8. The van der Waals surface area contributed by atoms with Crippen molar-refractivity contribution < 1.29 is 26.8 Å². The first-order chi connectivity index (χ1) is 12.7. The van der Waals surface area contributed by atoms with E-state index in [1.807, 2.05) is 0 Å². The number of nitrogens with zero attached hydrogens (tertiary/aromatic N) is 1. The Balaban J connectivity index is 1.71. The largest absolute Gasteiger partial charge is 0.352 e. The van der Waals surface area contributed by atoms with Gasteiger partial charge in [0.15, 0.2) is 0 Å². The molecule has 1 atom stereocenters. The van der Waals surface area contributed by atoms with Crippen molar-refractivity contribution in [2.24, 2.45) is 0 Å². The Morgan fingerprint density at radius 3 is 2.70 bits per heavy atom. The topological polar surface area (TPSA) is 95.6 Å². The average Bonchev–Trinajstić information content (AvgIpc) is 2.58. The molecule has 1 aromatic rings. The van der Waals surface area contributed by atoms with Gasteiger partial charge in [-0.3, -0.25) is 9.59 Å². The molecule has 1 aliphatic rings. The summed E-state index contributed by atoms with van der Waals surface area (Å²) in [5.41, 5.74) is -0.260. The lowest BCUT2D eigenvalue weighted by atomic mass is 10.1. The van der Waals surface area contributed by atoms with Gasteiger partial charge in [-0.2, -0.15) is 0 Å². The average molecular weight is 403 g/mol. The van der Waals surface area contributed by atoms with E-state index in [0.29, 0.717) is 31.9 Å². The van der Waals surface area contributed by atoms with Gasteiger partial charge < -0.3 is 10.6 Å². The van der Waals surface area contributed by atoms with Gasteiger partial charge in [-0.05, 0) is 31.4 Å². The van der Waals surface area contributed by atoms with Crippen molar-refractivity contribution >= 4 is 21.8 Å². The Kier molecular flexibility index (Phi) is 7.25. The smallest absolute Gasteiger partial charge is 0.254 e. The molecule has 0 bridgehead atoms. The molecule has 2 rings (SSSR count). The van der Waals surface area contributed by atoms with Crippen molar-refractivity contribution in [1.29, 1.82) is 0 Å². The predicted molar refractivity (Wildman–Crippen MR) is 95.5 cm³/mol. The highest BCUT2D eigenvalue weighted by atomic mass is 32.2.